The van der Waals surface area contributed by atoms with Crippen molar-refractivity contribution >= 4 is 17.3 Å². The molecule has 106 valence electrons. The van der Waals surface area contributed by atoms with Crippen LogP contribution in [0, 0.1) is 12.8 Å². The Hall–Kier alpha value is -0.910. The van der Waals surface area contributed by atoms with E-state index in [2.05, 4.69) is 24.0 Å². The van der Waals surface area contributed by atoms with E-state index in [1.54, 1.807) is 11.3 Å². The molecular formula is C14H21NO3S. The number of thiophene rings is 1. The largest absolute Gasteiger partial charge is 0.469 e. The molecule has 19 heavy (non-hydrogen) atoms. The zero-order chi connectivity index (χ0) is 14.0. The minimum absolute atomic E-state index is 0.0338. The highest BCUT2D eigenvalue weighted by atomic mass is 32.1. The van der Waals surface area contributed by atoms with Gasteiger partial charge < -0.3 is 9.84 Å². The van der Waals surface area contributed by atoms with Crippen LogP contribution >= 0.6 is 11.3 Å². The van der Waals surface area contributed by atoms with E-state index in [9.17, 15) is 9.90 Å². The van der Waals surface area contributed by atoms with Crippen LogP contribution in [0.1, 0.15) is 22.6 Å². The Kier molecular flexibility index (Phi) is 4.60. The van der Waals surface area contributed by atoms with E-state index in [0.717, 1.165) is 6.54 Å². The van der Waals surface area contributed by atoms with Crippen LogP contribution in [0.5, 0.6) is 0 Å². The van der Waals surface area contributed by atoms with Crippen molar-refractivity contribution in [3.63, 3.8) is 0 Å². The molecular weight excluding hydrogens is 262 g/mol. The maximum Gasteiger partial charge on any atom is 0.308 e. The summed E-state index contributed by atoms with van der Waals surface area (Å²) in [4.78, 5) is 16.3. The number of carbonyl (C=O) groups excluding carboxylic acids is 1. The molecule has 3 unspecified atom stereocenters. The summed E-state index contributed by atoms with van der Waals surface area (Å²) >= 11 is 1.77. The van der Waals surface area contributed by atoms with E-state index in [4.69, 9.17) is 4.74 Å². The van der Waals surface area contributed by atoms with E-state index in [1.807, 2.05) is 7.05 Å². The predicted molar refractivity (Wildman–Crippen MR) is 75.1 cm³/mol. The highest BCUT2D eigenvalue weighted by molar-refractivity contribution is 7.11. The smallest absolute Gasteiger partial charge is 0.308 e. The van der Waals surface area contributed by atoms with Crippen LogP contribution in [-0.2, 0) is 16.1 Å². The second-order valence-electron chi connectivity index (χ2n) is 5.25. The number of hydrogen-bond donors (Lipinski definition) is 1. The lowest BCUT2D eigenvalue weighted by molar-refractivity contribution is -0.145. The molecule has 4 nitrogen and oxygen atoms in total. The molecule has 2 rings (SSSR count). The maximum atomic E-state index is 11.5. The van der Waals surface area contributed by atoms with Crippen LogP contribution in [0.15, 0.2) is 12.1 Å². The summed E-state index contributed by atoms with van der Waals surface area (Å²) in [5, 5.41) is 10.1. The number of aryl methyl sites for hydroxylation is 1. The summed E-state index contributed by atoms with van der Waals surface area (Å²) in [6, 6.07) is 4.26. The Labute approximate surface area is 118 Å². The fraction of sp³-hybridized carbons (Fsp3) is 0.643. The molecule has 0 aliphatic heterocycles. The number of aliphatic hydroxyl groups excluding tert-OH is 1. The van der Waals surface area contributed by atoms with Crippen LogP contribution in [0.3, 0.4) is 0 Å². The molecule has 1 fully saturated rings. The van der Waals surface area contributed by atoms with Gasteiger partial charge in [0.05, 0.1) is 19.1 Å². The van der Waals surface area contributed by atoms with Gasteiger partial charge in [-0.05, 0) is 38.9 Å². The van der Waals surface area contributed by atoms with Crippen LogP contribution in [0.4, 0.5) is 0 Å². The number of carbonyl (C=O) groups is 1. The second-order valence-corrected chi connectivity index (χ2v) is 6.63. The highest BCUT2D eigenvalue weighted by Gasteiger charge is 2.39. The molecule has 1 aliphatic carbocycles. The standard InChI is InChI=1S/C14H21NO3S/c1-9-4-5-11(19-9)8-15(2)12-6-10(7-13(12)16)14(17)18-3/h4-5,10,12-13,16H,6-8H2,1-3H3. The van der Waals surface area contributed by atoms with E-state index in [1.165, 1.54) is 16.9 Å². The number of hydrogen-bond acceptors (Lipinski definition) is 5. The van der Waals surface area contributed by atoms with Gasteiger partial charge >= 0.3 is 5.97 Å². The first-order chi connectivity index (χ1) is 9.01. The Morgan fingerprint density at radius 1 is 1.53 bits per heavy atom. The Morgan fingerprint density at radius 2 is 2.26 bits per heavy atom. The van der Waals surface area contributed by atoms with Crippen molar-refractivity contribution in [2.24, 2.45) is 5.92 Å². The third kappa shape index (κ3) is 3.35. The number of nitrogens with zero attached hydrogens (tertiary/aromatic N) is 1. The number of aliphatic hydroxyl groups is 1. The molecule has 0 amide bonds. The normalized spacial score (nSPS) is 26.9. The molecule has 1 heterocycles. The van der Waals surface area contributed by atoms with Crippen LogP contribution in [-0.4, -0.2) is 42.3 Å². The molecule has 1 aromatic heterocycles. The van der Waals surface area contributed by atoms with Crippen molar-refractivity contribution in [2.75, 3.05) is 14.2 Å². The fourth-order valence-corrected chi connectivity index (χ4v) is 3.71. The summed E-state index contributed by atoms with van der Waals surface area (Å²) in [5.41, 5.74) is 0. The van der Waals surface area contributed by atoms with Crippen molar-refractivity contribution in [3.05, 3.63) is 21.9 Å². The Bertz CT molecular complexity index is 446. The lowest BCUT2D eigenvalue weighted by atomic mass is 10.1. The Balaban J connectivity index is 1.96. The molecule has 0 spiro atoms. The van der Waals surface area contributed by atoms with Crippen molar-refractivity contribution in [3.8, 4) is 0 Å². The average molecular weight is 283 g/mol. The number of methoxy groups -OCH3 is 1. The molecule has 1 N–H and O–H groups in total. The quantitative estimate of drug-likeness (QED) is 0.856. The van der Waals surface area contributed by atoms with Crippen molar-refractivity contribution in [1.82, 2.24) is 4.90 Å². The molecule has 0 bridgehead atoms. The van der Waals surface area contributed by atoms with E-state index in [0.29, 0.717) is 12.8 Å². The van der Waals surface area contributed by atoms with E-state index in [-0.39, 0.29) is 17.9 Å². The third-order valence-electron chi connectivity index (χ3n) is 3.80. The van der Waals surface area contributed by atoms with Gasteiger partial charge in [0.15, 0.2) is 0 Å². The van der Waals surface area contributed by atoms with Gasteiger partial charge in [-0.3, -0.25) is 9.69 Å². The van der Waals surface area contributed by atoms with Gasteiger partial charge in [0.25, 0.3) is 0 Å². The van der Waals surface area contributed by atoms with Crippen molar-refractivity contribution < 1.29 is 14.6 Å². The molecule has 1 saturated carbocycles. The van der Waals surface area contributed by atoms with Gasteiger partial charge in [-0.2, -0.15) is 0 Å². The average Bonchev–Trinajstić information content (AvgIpc) is 2.94. The molecule has 0 aromatic carbocycles. The number of esters is 1. The van der Waals surface area contributed by atoms with Gasteiger partial charge in [-0.25, -0.2) is 0 Å². The Morgan fingerprint density at radius 3 is 2.84 bits per heavy atom. The summed E-state index contributed by atoms with van der Waals surface area (Å²) in [6.07, 6.45) is 0.731. The minimum Gasteiger partial charge on any atom is -0.469 e. The molecule has 5 heteroatoms. The van der Waals surface area contributed by atoms with E-state index < -0.39 is 6.10 Å². The first-order valence-electron chi connectivity index (χ1n) is 6.52. The second kappa shape index (κ2) is 6.03. The molecule has 0 saturated heterocycles. The summed E-state index contributed by atoms with van der Waals surface area (Å²) in [5.74, 6) is -0.376. The fourth-order valence-electron chi connectivity index (χ4n) is 2.76. The third-order valence-corrected chi connectivity index (χ3v) is 4.78. The lowest BCUT2D eigenvalue weighted by Gasteiger charge is -2.26. The SMILES string of the molecule is COC(=O)C1CC(O)C(N(C)Cc2ccc(C)s2)C1. The topological polar surface area (TPSA) is 49.8 Å². The van der Waals surface area contributed by atoms with Crippen LogP contribution < -0.4 is 0 Å². The van der Waals surface area contributed by atoms with Crippen molar-refractivity contribution in [2.45, 2.75) is 38.5 Å². The van der Waals surface area contributed by atoms with Crippen LogP contribution in [0.25, 0.3) is 0 Å². The highest BCUT2D eigenvalue weighted by Crippen LogP contribution is 2.31. The van der Waals surface area contributed by atoms with Gasteiger partial charge in [-0.1, -0.05) is 0 Å². The molecule has 1 aliphatic rings. The zero-order valence-electron chi connectivity index (χ0n) is 11.6. The molecule has 0 radical (unpaired) electrons. The van der Waals surface area contributed by atoms with Gasteiger partial charge in [0, 0.05) is 22.3 Å². The summed E-state index contributed by atoms with van der Waals surface area (Å²) < 4.78 is 4.77. The minimum atomic E-state index is -0.449. The number of likely N-dealkylation sites (N-methyl/N-ethyl adjacent to an activating group) is 1. The first-order valence-corrected chi connectivity index (χ1v) is 7.34. The molecule has 3 atom stereocenters. The van der Waals surface area contributed by atoms with Gasteiger partial charge in [-0.15, -0.1) is 11.3 Å². The van der Waals surface area contributed by atoms with E-state index >= 15 is 0 Å². The number of ether oxygens (including phenoxy) is 1. The predicted octanol–water partition coefficient (Wildman–Crippen LogP) is 1.80. The summed E-state index contributed by atoms with van der Waals surface area (Å²) in [7, 11) is 3.41. The van der Waals surface area contributed by atoms with Gasteiger partial charge in [0.1, 0.15) is 0 Å². The first kappa shape index (κ1) is 14.5. The zero-order valence-corrected chi connectivity index (χ0v) is 12.4. The maximum absolute atomic E-state index is 11.5. The lowest BCUT2D eigenvalue weighted by Crippen LogP contribution is -2.36. The number of rotatable bonds is 4. The summed E-state index contributed by atoms with van der Waals surface area (Å²) in [6.45, 7) is 2.90. The van der Waals surface area contributed by atoms with Gasteiger partial charge in [0.2, 0.25) is 0 Å². The molecule has 1 aromatic rings. The monoisotopic (exact) mass is 283 g/mol. The van der Waals surface area contributed by atoms with Crippen molar-refractivity contribution in [1.29, 1.82) is 0 Å². The van der Waals surface area contributed by atoms with Crippen LogP contribution in [0.2, 0.25) is 0 Å².